The quantitative estimate of drug-likeness (QED) is 0.817. The molecule has 19 heavy (non-hydrogen) atoms. The van der Waals surface area contributed by atoms with Gasteiger partial charge in [-0.3, -0.25) is 4.90 Å². The van der Waals surface area contributed by atoms with Crippen molar-refractivity contribution in [1.29, 1.82) is 0 Å². The van der Waals surface area contributed by atoms with Crippen LogP contribution < -0.4 is 5.32 Å². The largest absolute Gasteiger partial charge is 0.311 e. The fourth-order valence-electron chi connectivity index (χ4n) is 4.02. The SMILES string of the molecule is CCC(C)C1CN(CC2(C)CCCC2)C(CC)CN1. The first-order chi connectivity index (χ1) is 9.08. The molecule has 112 valence electrons. The van der Waals surface area contributed by atoms with Crippen LogP contribution in [0.25, 0.3) is 0 Å². The normalized spacial score (nSPS) is 33.5. The number of nitrogens with zero attached hydrogens (tertiary/aromatic N) is 1. The van der Waals surface area contributed by atoms with Crippen LogP contribution in [0.5, 0.6) is 0 Å². The van der Waals surface area contributed by atoms with Crippen LogP contribution in [-0.4, -0.2) is 36.6 Å². The smallest absolute Gasteiger partial charge is 0.0221 e. The van der Waals surface area contributed by atoms with Crippen LogP contribution in [0.15, 0.2) is 0 Å². The maximum atomic E-state index is 3.80. The van der Waals surface area contributed by atoms with Crippen LogP contribution in [0, 0.1) is 11.3 Å². The molecule has 0 aromatic rings. The molecule has 2 rings (SSSR count). The van der Waals surface area contributed by atoms with E-state index in [0.29, 0.717) is 11.5 Å². The van der Waals surface area contributed by atoms with E-state index in [0.717, 1.165) is 12.0 Å². The summed E-state index contributed by atoms with van der Waals surface area (Å²) in [5.41, 5.74) is 0.602. The van der Waals surface area contributed by atoms with Crippen molar-refractivity contribution in [3.8, 4) is 0 Å². The summed E-state index contributed by atoms with van der Waals surface area (Å²) in [5.74, 6) is 0.802. The monoisotopic (exact) mass is 266 g/mol. The van der Waals surface area contributed by atoms with Crippen LogP contribution in [-0.2, 0) is 0 Å². The Balaban J connectivity index is 1.97. The topological polar surface area (TPSA) is 15.3 Å². The summed E-state index contributed by atoms with van der Waals surface area (Å²) in [6.07, 6.45) is 8.38. The third-order valence-corrected chi connectivity index (χ3v) is 5.76. The predicted molar refractivity (Wildman–Crippen MR) is 83.5 cm³/mol. The van der Waals surface area contributed by atoms with Crippen molar-refractivity contribution in [3.05, 3.63) is 0 Å². The highest BCUT2D eigenvalue weighted by molar-refractivity contribution is 4.92. The minimum Gasteiger partial charge on any atom is -0.311 e. The van der Waals surface area contributed by atoms with E-state index in [1.54, 1.807) is 0 Å². The first-order valence-electron chi connectivity index (χ1n) is 8.55. The summed E-state index contributed by atoms with van der Waals surface area (Å²) >= 11 is 0. The Bertz CT molecular complexity index is 270. The molecule has 1 saturated heterocycles. The Morgan fingerprint density at radius 2 is 1.95 bits per heavy atom. The molecule has 1 N–H and O–H groups in total. The lowest BCUT2D eigenvalue weighted by Gasteiger charge is -2.45. The van der Waals surface area contributed by atoms with Gasteiger partial charge >= 0.3 is 0 Å². The molecule has 0 aromatic carbocycles. The molecule has 2 nitrogen and oxygen atoms in total. The van der Waals surface area contributed by atoms with Gasteiger partial charge in [-0.15, -0.1) is 0 Å². The molecule has 2 heteroatoms. The summed E-state index contributed by atoms with van der Waals surface area (Å²) in [7, 11) is 0. The molecular weight excluding hydrogens is 232 g/mol. The molecule has 2 aliphatic rings. The van der Waals surface area contributed by atoms with E-state index in [1.807, 2.05) is 0 Å². The van der Waals surface area contributed by atoms with Gasteiger partial charge in [0.05, 0.1) is 0 Å². The van der Waals surface area contributed by atoms with E-state index >= 15 is 0 Å². The molecule has 3 atom stereocenters. The highest BCUT2D eigenvalue weighted by atomic mass is 15.2. The molecule has 1 aliphatic heterocycles. The Morgan fingerprint density at radius 3 is 2.53 bits per heavy atom. The third-order valence-electron chi connectivity index (χ3n) is 5.76. The molecule has 0 amide bonds. The zero-order valence-electron chi connectivity index (χ0n) is 13.5. The minimum absolute atomic E-state index is 0.602. The van der Waals surface area contributed by atoms with E-state index in [-0.39, 0.29) is 0 Å². The Kier molecular flexibility index (Phi) is 5.30. The van der Waals surface area contributed by atoms with E-state index in [4.69, 9.17) is 0 Å². The van der Waals surface area contributed by atoms with Crippen molar-refractivity contribution in [1.82, 2.24) is 10.2 Å². The van der Waals surface area contributed by atoms with Gasteiger partial charge in [-0.25, -0.2) is 0 Å². The average Bonchev–Trinajstić information content (AvgIpc) is 2.84. The number of hydrogen-bond donors (Lipinski definition) is 1. The van der Waals surface area contributed by atoms with Crippen LogP contribution in [0.2, 0.25) is 0 Å². The molecule has 1 aliphatic carbocycles. The zero-order valence-corrected chi connectivity index (χ0v) is 13.5. The number of rotatable bonds is 5. The Morgan fingerprint density at radius 1 is 1.26 bits per heavy atom. The van der Waals surface area contributed by atoms with E-state index in [1.165, 1.54) is 58.2 Å². The van der Waals surface area contributed by atoms with Gasteiger partial charge in [-0.1, -0.05) is 47.0 Å². The highest BCUT2D eigenvalue weighted by Gasteiger charge is 2.36. The summed E-state index contributed by atoms with van der Waals surface area (Å²) in [5, 5.41) is 3.80. The average molecular weight is 266 g/mol. The van der Waals surface area contributed by atoms with Crippen molar-refractivity contribution in [3.63, 3.8) is 0 Å². The van der Waals surface area contributed by atoms with E-state index in [2.05, 4.69) is 37.9 Å². The second kappa shape index (κ2) is 6.58. The van der Waals surface area contributed by atoms with Gasteiger partial charge < -0.3 is 5.32 Å². The summed E-state index contributed by atoms with van der Waals surface area (Å²) in [6, 6.07) is 1.47. The second-order valence-electron chi connectivity index (χ2n) is 7.41. The van der Waals surface area contributed by atoms with Gasteiger partial charge in [0, 0.05) is 31.7 Å². The molecule has 0 spiro atoms. The van der Waals surface area contributed by atoms with Crippen molar-refractivity contribution in [2.75, 3.05) is 19.6 Å². The number of hydrogen-bond acceptors (Lipinski definition) is 2. The van der Waals surface area contributed by atoms with Crippen molar-refractivity contribution in [2.45, 2.75) is 78.3 Å². The van der Waals surface area contributed by atoms with Crippen molar-refractivity contribution < 1.29 is 0 Å². The third kappa shape index (κ3) is 3.72. The maximum Gasteiger partial charge on any atom is 0.0221 e. The summed E-state index contributed by atoms with van der Waals surface area (Å²) in [4.78, 5) is 2.82. The van der Waals surface area contributed by atoms with Crippen LogP contribution in [0.4, 0.5) is 0 Å². The van der Waals surface area contributed by atoms with Crippen LogP contribution in [0.1, 0.15) is 66.2 Å². The fraction of sp³-hybridized carbons (Fsp3) is 1.00. The second-order valence-corrected chi connectivity index (χ2v) is 7.41. The molecule has 1 saturated carbocycles. The molecule has 3 unspecified atom stereocenters. The highest BCUT2D eigenvalue weighted by Crippen LogP contribution is 2.39. The molecule has 0 aromatic heterocycles. The van der Waals surface area contributed by atoms with Crippen molar-refractivity contribution >= 4 is 0 Å². The van der Waals surface area contributed by atoms with Crippen molar-refractivity contribution in [2.24, 2.45) is 11.3 Å². The zero-order chi connectivity index (χ0) is 13.9. The minimum atomic E-state index is 0.602. The molecular formula is C17H34N2. The van der Waals surface area contributed by atoms with Gasteiger partial charge in [0.1, 0.15) is 0 Å². The Labute approximate surface area is 120 Å². The lowest BCUT2D eigenvalue weighted by Crippen LogP contribution is -2.59. The van der Waals surface area contributed by atoms with Gasteiger partial charge in [-0.2, -0.15) is 0 Å². The van der Waals surface area contributed by atoms with E-state index < -0.39 is 0 Å². The predicted octanol–water partition coefficient (Wildman–Crippen LogP) is 3.67. The molecule has 0 radical (unpaired) electrons. The lowest BCUT2D eigenvalue weighted by atomic mass is 9.86. The molecule has 0 bridgehead atoms. The maximum absolute atomic E-state index is 3.80. The number of nitrogens with one attached hydrogen (secondary N) is 1. The van der Waals surface area contributed by atoms with Gasteiger partial charge in [0.2, 0.25) is 0 Å². The first kappa shape index (κ1) is 15.3. The van der Waals surface area contributed by atoms with E-state index in [9.17, 15) is 0 Å². The van der Waals surface area contributed by atoms with Gasteiger partial charge in [-0.05, 0) is 30.6 Å². The van der Waals surface area contributed by atoms with Crippen LogP contribution >= 0.6 is 0 Å². The number of piperazine rings is 1. The Hall–Kier alpha value is -0.0800. The summed E-state index contributed by atoms with van der Waals surface area (Å²) in [6.45, 7) is 13.4. The lowest BCUT2D eigenvalue weighted by molar-refractivity contribution is 0.0643. The standard InChI is InChI=1S/C17H34N2/c1-5-14(3)16-12-19(15(6-2)11-18-16)13-17(4)9-7-8-10-17/h14-16,18H,5-13H2,1-4H3. The molecule has 2 fully saturated rings. The van der Waals surface area contributed by atoms with Gasteiger partial charge in [0.25, 0.3) is 0 Å². The van der Waals surface area contributed by atoms with Crippen LogP contribution in [0.3, 0.4) is 0 Å². The van der Waals surface area contributed by atoms with Gasteiger partial charge in [0.15, 0.2) is 0 Å². The molecule has 1 heterocycles. The summed E-state index contributed by atoms with van der Waals surface area (Å²) < 4.78 is 0. The fourth-order valence-corrected chi connectivity index (χ4v) is 4.02. The first-order valence-corrected chi connectivity index (χ1v) is 8.55.